The number of ether oxygens (including phenoxy) is 1. The van der Waals surface area contributed by atoms with E-state index in [9.17, 15) is 14.4 Å². The molecule has 0 aliphatic carbocycles. The molecule has 0 radical (unpaired) electrons. The summed E-state index contributed by atoms with van der Waals surface area (Å²) >= 11 is 1.04. The van der Waals surface area contributed by atoms with Crippen LogP contribution in [0.5, 0.6) is 0 Å². The Bertz CT molecular complexity index is 1740. The third kappa shape index (κ3) is 5.10. The van der Waals surface area contributed by atoms with Crippen LogP contribution in [0.4, 0.5) is 5.13 Å². The lowest BCUT2D eigenvalue weighted by molar-refractivity contribution is -0.118. The highest BCUT2D eigenvalue weighted by Crippen LogP contribution is 2.28. The fourth-order valence-electron chi connectivity index (χ4n) is 4.51. The zero-order chi connectivity index (χ0) is 27.7. The minimum Gasteiger partial charge on any atom is -0.457 e. The van der Waals surface area contributed by atoms with Crippen molar-refractivity contribution in [3.63, 3.8) is 0 Å². The number of aryl methyl sites for hydroxylation is 3. The number of benzene rings is 2. The predicted octanol–water partition coefficient (Wildman–Crippen LogP) is 5.13. The molecule has 1 amide bonds. The Kier molecular flexibility index (Phi) is 7.12. The lowest BCUT2D eigenvalue weighted by Gasteiger charge is -2.18. The fraction of sp³-hybridized carbons (Fsp3) is 0.207. The maximum Gasteiger partial charge on any atom is 0.350 e. The van der Waals surface area contributed by atoms with Crippen molar-refractivity contribution in [2.24, 2.45) is 0 Å². The van der Waals surface area contributed by atoms with Gasteiger partial charge >= 0.3 is 5.97 Å². The highest BCUT2D eigenvalue weighted by Gasteiger charge is 2.25. The Morgan fingerprint density at radius 1 is 1.00 bits per heavy atom. The quantitative estimate of drug-likeness (QED) is 0.286. The molecule has 198 valence electrons. The van der Waals surface area contributed by atoms with E-state index in [-0.39, 0.29) is 17.3 Å². The van der Waals surface area contributed by atoms with Crippen molar-refractivity contribution >= 4 is 39.4 Å². The second kappa shape index (κ2) is 10.7. The SMILES string of the molecule is Cc1nc(NC(=O)C(C)n2c(=O)cc(C)c3c(C)nn(-c4ccccc4)c32)sc1C(=O)OCc1ccccc1. The zero-order valence-corrected chi connectivity index (χ0v) is 22.8. The van der Waals surface area contributed by atoms with Crippen LogP contribution in [0.1, 0.15) is 45.2 Å². The van der Waals surface area contributed by atoms with Gasteiger partial charge in [0.1, 0.15) is 23.2 Å². The number of anilines is 1. The van der Waals surface area contributed by atoms with Gasteiger partial charge in [0.25, 0.3) is 5.56 Å². The summed E-state index contributed by atoms with van der Waals surface area (Å²) in [4.78, 5) is 44.0. The van der Waals surface area contributed by atoms with Crippen LogP contribution < -0.4 is 10.9 Å². The van der Waals surface area contributed by atoms with Gasteiger partial charge in [-0.2, -0.15) is 5.10 Å². The van der Waals surface area contributed by atoms with Crippen LogP contribution >= 0.6 is 11.3 Å². The Hall–Kier alpha value is -4.57. The number of pyridine rings is 1. The van der Waals surface area contributed by atoms with Gasteiger partial charge < -0.3 is 10.1 Å². The number of nitrogens with one attached hydrogen (secondary N) is 1. The largest absolute Gasteiger partial charge is 0.457 e. The summed E-state index contributed by atoms with van der Waals surface area (Å²) in [6.07, 6.45) is 0. The summed E-state index contributed by atoms with van der Waals surface area (Å²) < 4.78 is 8.56. The third-order valence-electron chi connectivity index (χ3n) is 6.43. The molecule has 0 aliphatic heterocycles. The van der Waals surface area contributed by atoms with Gasteiger partial charge in [0.15, 0.2) is 5.13 Å². The maximum atomic E-state index is 13.4. The third-order valence-corrected chi connectivity index (χ3v) is 7.48. The van der Waals surface area contributed by atoms with E-state index in [1.165, 1.54) is 10.6 Å². The molecule has 0 fully saturated rings. The van der Waals surface area contributed by atoms with Gasteiger partial charge in [-0.05, 0) is 51.0 Å². The van der Waals surface area contributed by atoms with E-state index in [1.54, 1.807) is 18.5 Å². The van der Waals surface area contributed by atoms with E-state index in [0.29, 0.717) is 16.2 Å². The summed E-state index contributed by atoms with van der Waals surface area (Å²) in [5, 5.41) is 8.52. The minimum absolute atomic E-state index is 0.136. The lowest BCUT2D eigenvalue weighted by Crippen LogP contribution is -2.32. The number of hydrogen-bond donors (Lipinski definition) is 1. The van der Waals surface area contributed by atoms with Crippen LogP contribution in [-0.2, 0) is 16.1 Å². The van der Waals surface area contributed by atoms with Gasteiger partial charge in [-0.3, -0.25) is 14.2 Å². The number of aromatic nitrogens is 4. The number of rotatable bonds is 7. The molecule has 0 aliphatic rings. The van der Waals surface area contributed by atoms with E-state index in [2.05, 4.69) is 15.4 Å². The standard InChI is InChI=1S/C29H27N5O4S/c1-17-15-23(35)33(27-24(17)18(2)32-34(27)22-13-9-6-10-14-22)20(4)26(36)31-29-30-19(3)25(39-29)28(37)38-16-21-11-7-5-8-12-21/h5-15,20H,16H2,1-4H3,(H,30,31,36). The number of esters is 1. The molecule has 5 aromatic rings. The Morgan fingerprint density at radius 2 is 1.67 bits per heavy atom. The molecule has 9 nitrogen and oxygen atoms in total. The van der Waals surface area contributed by atoms with Gasteiger partial charge in [-0.15, -0.1) is 0 Å². The number of hydrogen-bond acceptors (Lipinski definition) is 7. The molecule has 1 unspecified atom stereocenters. The first kappa shape index (κ1) is 26.1. The highest BCUT2D eigenvalue weighted by atomic mass is 32.1. The molecule has 0 spiro atoms. The van der Waals surface area contributed by atoms with Crippen LogP contribution in [0.2, 0.25) is 0 Å². The van der Waals surface area contributed by atoms with Crippen molar-refractivity contribution in [1.82, 2.24) is 19.3 Å². The van der Waals surface area contributed by atoms with Gasteiger partial charge in [0, 0.05) is 11.5 Å². The summed E-state index contributed by atoms with van der Waals surface area (Å²) in [6, 6.07) is 19.5. The molecule has 5 rings (SSSR count). The summed E-state index contributed by atoms with van der Waals surface area (Å²) in [5.41, 5.74) is 3.85. The fourth-order valence-corrected chi connectivity index (χ4v) is 5.37. The molecule has 39 heavy (non-hydrogen) atoms. The van der Waals surface area contributed by atoms with Gasteiger partial charge in [0.05, 0.1) is 17.1 Å². The molecule has 1 atom stereocenters. The molecule has 0 saturated heterocycles. The molecular formula is C29H27N5O4S. The second-order valence-corrected chi connectivity index (χ2v) is 10.2. The van der Waals surface area contributed by atoms with Crippen molar-refractivity contribution in [1.29, 1.82) is 0 Å². The maximum absolute atomic E-state index is 13.4. The molecule has 2 aromatic carbocycles. The minimum atomic E-state index is -0.892. The van der Waals surface area contributed by atoms with Crippen LogP contribution in [0.15, 0.2) is 71.5 Å². The summed E-state index contributed by atoms with van der Waals surface area (Å²) in [5.74, 6) is -0.959. The van der Waals surface area contributed by atoms with Crippen molar-refractivity contribution in [2.75, 3.05) is 5.32 Å². The second-order valence-electron chi connectivity index (χ2n) is 9.23. The molecule has 10 heteroatoms. The number of carbonyl (C=O) groups excluding carboxylic acids is 2. The smallest absolute Gasteiger partial charge is 0.350 e. The average molecular weight is 542 g/mol. The summed E-state index contributed by atoms with van der Waals surface area (Å²) in [7, 11) is 0. The average Bonchev–Trinajstić information content (AvgIpc) is 3.47. The van der Waals surface area contributed by atoms with Crippen LogP contribution in [0.3, 0.4) is 0 Å². The van der Waals surface area contributed by atoms with Crippen LogP contribution in [-0.4, -0.2) is 31.2 Å². The van der Waals surface area contributed by atoms with E-state index in [4.69, 9.17) is 4.74 Å². The van der Waals surface area contributed by atoms with Crippen LogP contribution in [0.25, 0.3) is 16.7 Å². The first-order chi connectivity index (χ1) is 18.7. The topological polar surface area (TPSA) is 108 Å². The zero-order valence-electron chi connectivity index (χ0n) is 22.0. The van der Waals surface area contributed by atoms with Gasteiger partial charge in [0.2, 0.25) is 5.91 Å². The molecule has 1 N–H and O–H groups in total. The van der Waals surface area contributed by atoms with Crippen molar-refractivity contribution in [3.8, 4) is 5.69 Å². The number of amides is 1. The number of nitrogens with zero attached hydrogens (tertiary/aromatic N) is 4. The summed E-state index contributed by atoms with van der Waals surface area (Å²) in [6.45, 7) is 7.21. The first-order valence-electron chi connectivity index (χ1n) is 12.4. The van der Waals surface area contributed by atoms with Crippen molar-refractivity contribution in [3.05, 3.63) is 104 Å². The van der Waals surface area contributed by atoms with E-state index in [1.807, 2.05) is 74.5 Å². The van der Waals surface area contributed by atoms with Gasteiger partial charge in [-0.25, -0.2) is 14.5 Å². The first-order valence-corrected chi connectivity index (χ1v) is 13.2. The Morgan fingerprint density at radius 3 is 2.36 bits per heavy atom. The Balaban J connectivity index is 1.43. The Labute approximate surface area is 228 Å². The van der Waals surface area contributed by atoms with E-state index >= 15 is 0 Å². The number of fused-ring (bicyclic) bond motifs is 1. The predicted molar refractivity (Wildman–Crippen MR) is 151 cm³/mol. The van der Waals surface area contributed by atoms with E-state index < -0.39 is 17.9 Å². The van der Waals surface area contributed by atoms with Gasteiger partial charge in [-0.1, -0.05) is 59.9 Å². The lowest BCUT2D eigenvalue weighted by atomic mass is 10.1. The number of thiazole rings is 1. The number of para-hydroxylation sites is 1. The number of carbonyl (C=O) groups is 2. The van der Waals surface area contributed by atoms with E-state index in [0.717, 1.165) is 39.2 Å². The molecule has 3 heterocycles. The normalized spacial score (nSPS) is 11.9. The molecule has 3 aromatic heterocycles. The monoisotopic (exact) mass is 541 g/mol. The highest BCUT2D eigenvalue weighted by molar-refractivity contribution is 7.17. The van der Waals surface area contributed by atoms with Crippen LogP contribution in [0, 0.1) is 20.8 Å². The molecule has 0 saturated carbocycles. The van der Waals surface area contributed by atoms with Crippen molar-refractivity contribution < 1.29 is 14.3 Å². The molecular weight excluding hydrogens is 514 g/mol. The van der Waals surface area contributed by atoms with Crippen molar-refractivity contribution in [2.45, 2.75) is 40.3 Å². The molecule has 0 bridgehead atoms.